The standard InChI is InChI=1S/C22H16N2O7/c1-30-16-9-7-14(8-10-16)23-19(17-6-3-11-31-17)18(21(26)22(23)27)20(25)13-4-2-5-15(12-13)24(28)29/h2-12,19,25H,1H3/b20-18-. The average Bonchev–Trinajstić information content (AvgIpc) is 3.40. The van der Waals surface area contributed by atoms with Crippen LogP contribution in [-0.4, -0.2) is 28.8 Å². The van der Waals surface area contributed by atoms with Crippen molar-refractivity contribution in [2.75, 3.05) is 12.0 Å². The molecule has 3 aromatic rings. The minimum atomic E-state index is -1.05. The van der Waals surface area contributed by atoms with Gasteiger partial charge in [0.15, 0.2) is 0 Å². The number of furan rings is 1. The molecule has 2 aromatic carbocycles. The van der Waals surface area contributed by atoms with Crippen LogP contribution in [0.3, 0.4) is 0 Å². The zero-order valence-electron chi connectivity index (χ0n) is 16.2. The van der Waals surface area contributed by atoms with Gasteiger partial charge in [-0.05, 0) is 36.4 Å². The fourth-order valence-electron chi connectivity index (χ4n) is 3.48. The van der Waals surface area contributed by atoms with Gasteiger partial charge in [-0.1, -0.05) is 12.1 Å². The Morgan fingerprint density at radius 1 is 1.13 bits per heavy atom. The molecule has 31 heavy (non-hydrogen) atoms. The van der Waals surface area contributed by atoms with Gasteiger partial charge >= 0.3 is 0 Å². The van der Waals surface area contributed by atoms with Crippen LogP contribution in [0.2, 0.25) is 0 Å². The molecule has 0 saturated carbocycles. The van der Waals surface area contributed by atoms with Crippen LogP contribution >= 0.6 is 0 Å². The smallest absolute Gasteiger partial charge is 0.300 e. The number of rotatable bonds is 5. The summed E-state index contributed by atoms with van der Waals surface area (Å²) in [7, 11) is 1.50. The third-order valence-electron chi connectivity index (χ3n) is 4.94. The molecule has 9 nitrogen and oxygen atoms in total. The van der Waals surface area contributed by atoms with Crippen molar-refractivity contribution in [2.24, 2.45) is 0 Å². The molecule has 0 radical (unpaired) electrons. The fourth-order valence-corrected chi connectivity index (χ4v) is 3.48. The lowest BCUT2D eigenvalue weighted by Gasteiger charge is -2.23. The summed E-state index contributed by atoms with van der Waals surface area (Å²) >= 11 is 0. The van der Waals surface area contributed by atoms with Crippen molar-refractivity contribution in [3.05, 3.63) is 93.9 Å². The van der Waals surface area contributed by atoms with Crippen LogP contribution in [0.4, 0.5) is 11.4 Å². The number of carbonyl (C=O) groups is 2. The van der Waals surface area contributed by atoms with Crippen molar-refractivity contribution in [2.45, 2.75) is 6.04 Å². The summed E-state index contributed by atoms with van der Waals surface area (Å²) in [5, 5.41) is 22.0. The van der Waals surface area contributed by atoms with Crippen LogP contribution in [0.15, 0.2) is 76.9 Å². The number of nitro benzene ring substituents is 1. The van der Waals surface area contributed by atoms with E-state index in [4.69, 9.17) is 9.15 Å². The van der Waals surface area contributed by atoms with E-state index >= 15 is 0 Å². The number of amides is 1. The molecular formula is C22H16N2O7. The Labute approximate surface area is 175 Å². The molecule has 1 fully saturated rings. The Kier molecular flexibility index (Phi) is 5.00. The normalized spacial score (nSPS) is 17.7. The van der Waals surface area contributed by atoms with Gasteiger partial charge in [0, 0.05) is 23.4 Å². The highest BCUT2D eigenvalue weighted by Gasteiger charge is 2.48. The summed E-state index contributed by atoms with van der Waals surface area (Å²) in [5.74, 6) is -1.51. The van der Waals surface area contributed by atoms with E-state index < -0.39 is 28.4 Å². The fraction of sp³-hybridized carbons (Fsp3) is 0.0909. The Hall–Kier alpha value is -4.40. The zero-order valence-corrected chi connectivity index (χ0v) is 16.2. The first-order valence-corrected chi connectivity index (χ1v) is 9.15. The van der Waals surface area contributed by atoms with E-state index in [0.29, 0.717) is 11.4 Å². The van der Waals surface area contributed by atoms with Crippen LogP contribution in [0, 0.1) is 10.1 Å². The molecule has 0 bridgehead atoms. The number of non-ortho nitro benzene ring substituents is 1. The summed E-state index contributed by atoms with van der Waals surface area (Å²) in [5.41, 5.74) is -0.0554. The molecule has 1 aliphatic rings. The van der Waals surface area contributed by atoms with Crippen LogP contribution in [-0.2, 0) is 9.59 Å². The largest absolute Gasteiger partial charge is 0.507 e. The van der Waals surface area contributed by atoms with Crippen molar-refractivity contribution in [1.82, 2.24) is 0 Å². The number of carbonyl (C=O) groups excluding carboxylic acids is 2. The molecule has 4 rings (SSSR count). The molecule has 156 valence electrons. The van der Waals surface area contributed by atoms with Gasteiger partial charge in [-0.25, -0.2) is 0 Å². The van der Waals surface area contributed by atoms with Gasteiger partial charge in [0.25, 0.3) is 17.4 Å². The molecule has 1 atom stereocenters. The van der Waals surface area contributed by atoms with E-state index in [-0.39, 0.29) is 22.6 Å². The topological polar surface area (TPSA) is 123 Å². The third kappa shape index (κ3) is 3.42. The van der Waals surface area contributed by atoms with Crippen LogP contribution in [0.25, 0.3) is 5.76 Å². The lowest BCUT2D eigenvalue weighted by Crippen LogP contribution is -2.29. The molecular weight excluding hydrogens is 404 g/mol. The Morgan fingerprint density at radius 2 is 1.87 bits per heavy atom. The minimum Gasteiger partial charge on any atom is -0.507 e. The van der Waals surface area contributed by atoms with Crippen molar-refractivity contribution in [3.8, 4) is 5.75 Å². The summed E-state index contributed by atoms with van der Waals surface area (Å²) in [6.45, 7) is 0. The predicted octanol–water partition coefficient (Wildman–Crippen LogP) is 3.82. The Morgan fingerprint density at radius 3 is 2.48 bits per heavy atom. The van der Waals surface area contributed by atoms with Crippen molar-refractivity contribution in [3.63, 3.8) is 0 Å². The van der Waals surface area contributed by atoms with Gasteiger partial charge in [0.05, 0.1) is 23.9 Å². The molecule has 0 aliphatic carbocycles. The maximum atomic E-state index is 12.9. The third-order valence-corrected chi connectivity index (χ3v) is 4.94. The number of anilines is 1. The number of benzene rings is 2. The van der Waals surface area contributed by atoms with E-state index in [9.17, 15) is 24.8 Å². The molecule has 1 saturated heterocycles. The predicted molar refractivity (Wildman–Crippen MR) is 110 cm³/mol. The second-order valence-corrected chi connectivity index (χ2v) is 6.69. The molecule has 1 unspecified atom stereocenters. The quantitative estimate of drug-likeness (QED) is 0.219. The second kappa shape index (κ2) is 7.79. The minimum absolute atomic E-state index is 0.0403. The molecule has 1 amide bonds. The number of ether oxygens (including phenoxy) is 1. The molecule has 2 heterocycles. The van der Waals surface area contributed by atoms with Crippen molar-refractivity contribution >= 4 is 28.8 Å². The molecule has 1 N–H and O–H groups in total. The number of ketones is 1. The van der Waals surface area contributed by atoms with Gasteiger partial charge in [0.2, 0.25) is 0 Å². The summed E-state index contributed by atoms with van der Waals surface area (Å²) in [6, 6.07) is 13.8. The summed E-state index contributed by atoms with van der Waals surface area (Å²) in [4.78, 5) is 37.6. The first-order valence-electron chi connectivity index (χ1n) is 9.15. The van der Waals surface area contributed by atoms with Gasteiger partial charge in [-0.2, -0.15) is 0 Å². The summed E-state index contributed by atoms with van der Waals surface area (Å²) < 4.78 is 10.6. The van der Waals surface area contributed by atoms with Gasteiger partial charge in [0.1, 0.15) is 23.3 Å². The van der Waals surface area contributed by atoms with Crippen LogP contribution in [0.1, 0.15) is 17.4 Å². The molecule has 9 heteroatoms. The lowest BCUT2D eigenvalue weighted by molar-refractivity contribution is -0.384. The van der Waals surface area contributed by atoms with E-state index in [1.807, 2.05) is 0 Å². The first kappa shape index (κ1) is 19.9. The maximum Gasteiger partial charge on any atom is 0.300 e. The zero-order chi connectivity index (χ0) is 22.1. The average molecular weight is 420 g/mol. The number of nitro groups is 1. The number of hydrogen-bond donors (Lipinski definition) is 1. The number of Topliss-reactive ketones (excluding diaryl/α,β-unsaturated/α-hetero) is 1. The highest BCUT2D eigenvalue weighted by Crippen LogP contribution is 2.42. The highest BCUT2D eigenvalue weighted by molar-refractivity contribution is 6.51. The Bertz CT molecular complexity index is 1200. The number of methoxy groups -OCH3 is 1. The summed E-state index contributed by atoms with van der Waals surface area (Å²) in [6.07, 6.45) is 1.39. The van der Waals surface area contributed by atoms with Gasteiger partial charge < -0.3 is 14.3 Å². The molecule has 1 aromatic heterocycles. The molecule has 0 spiro atoms. The SMILES string of the molecule is COc1ccc(N2C(=O)C(=O)/C(=C(\O)c3cccc([N+](=O)[O-])c3)C2c2ccco2)cc1. The number of hydrogen-bond acceptors (Lipinski definition) is 7. The Balaban J connectivity index is 1.89. The van der Waals surface area contributed by atoms with E-state index in [2.05, 4.69) is 0 Å². The van der Waals surface area contributed by atoms with Crippen LogP contribution < -0.4 is 9.64 Å². The van der Waals surface area contributed by atoms with Crippen molar-refractivity contribution < 1.29 is 28.8 Å². The van der Waals surface area contributed by atoms with E-state index in [1.54, 1.807) is 36.4 Å². The lowest BCUT2D eigenvalue weighted by atomic mass is 9.99. The first-order chi connectivity index (χ1) is 14.9. The van der Waals surface area contributed by atoms with Gasteiger partial charge in [-0.15, -0.1) is 0 Å². The van der Waals surface area contributed by atoms with E-state index in [1.165, 1.54) is 36.5 Å². The second-order valence-electron chi connectivity index (χ2n) is 6.69. The molecule has 1 aliphatic heterocycles. The maximum absolute atomic E-state index is 12.9. The number of aliphatic hydroxyl groups is 1. The van der Waals surface area contributed by atoms with Crippen LogP contribution in [0.5, 0.6) is 5.75 Å². The monoisotopic (exact) mass is 420 g/mol. The van der Waals surface area contributed by atoms with Crippen molar-refractivity contribution in [1.29, 1.82) is 0 Å². The van der Waals surface area contributed by atoms with E-state index in [0.717, 1.165) is 6.07 Å². The highest BCUT2D eigenvalue weighted by atomic mass is 16.6. The number of nitrogens with zero attached hydrogens (tertiary/aromatic N) is 2. The number of aliphatic hydroxyl groups excluding tert-OH is 1. The van der Waals surface area contributed by atoms with Gasteiger partial charge in [-0.3, -0.25) is 24.6 Å².